The van der Waals surface area contributed by atoms with Crippen LogP contribution in [0.1, 0.15) is 17.2 Å². The molecule has 0 heterocycles. The van der Waals surface area contributed by atoms with E-state index in [1.54, 1.807) is 0 Å². The number of benzene rings is 3. The maximum Gasteiger partial charge on any atom is 0.171 e. The minimum absolute atomic E-state index is 0.0448. The van der Waals surface area contributed by atoms with Gasteiger partial charge in [-0.15, -0.1) is 0 Å². The van der Waals surface area contributed by atoms with E-state index in [4.69, 9.17) is 23.8 Å². The standard InChI is InChI=1S/C20H16BrClN2S/c21-16-11-12-18(17(22)13-16)23-20(25)24-19(14-7-3-1-4-8-14)15-9-5-2-6-10-15/h1-13,19H,(H2,23,24,25). The molecule has 2 N–H and O–H groups in total. The van der Waals surface area contributed by atoms with Crippen LogP contribution in [-0.2, 0) is 0 Å². The van der Waals surface area contributed by atoms with Crippen molar-refractivity contribution < 1.29 is 0 Å². The first-order valence-electron chi connectivity index (χ1n) is 7.76. The van der Waals surface area contributed by atoms with Gasteiger partial charge in [0.1, 0.15) is 0 Å². The van der Waals surface area contributed by atoms with Crippen molar-refractivity contribution in [2.45, 2.75) is 6.04 Å². The third-order valence-electron chi connectivity index (χ3n) is 3.72. The monoisotopic (exact) mass is 430 g/mol. The van der Waals surface area contributed by atoms with Crippen LogP contribution >= 0.6 is 39.7 Å². The second-order valence-corrected chi connectivity index (χ2v) is 7.21. The van der Waals surface area contributed by atoms with Crippen molar-refractivity contribution in [3.8, 4) is 0 Å². The Labute approximate surface area is 166 Å². The molecule has 25 heavy (non-hydrogen) atoms. The van der Waals surface area contributed by atoms with Crippen molar-refractivity contribution >= 4 is 50.5 Å². The van der Waals surface area contributed by atoms with Gasteiger partial charge in [-0.05, 0) is 41.5 Å². The van der Waals surface area contributed by atoms with E-state index in [-0.39, 0.29) is 6.04 Å². The summed E-state index contributed by atoms with van der Waals surface area (Å²) < 4.78 is 0.924. The first-order chi connectivity index (χ1) is 12.1. The molecule has 0 spiro atoms. The van der Waals surface area contributed by atoms with Crippen molar-refractivity contribution in [1.82, 2.24) is 5.32 Å². The van der Waals surface area contributed by atoms with E-state index in [9.17, 15) is 0 Å². The number of rotatable bonds is 4. The smallest absolute Gasteiger partial charge is 0.171 e. The van der Waals surface area contributed by atoms with Gasteiger partial charge in [-0.3, -0.25) is 0 Å². The summed E-state index contributed by atoms with van der Waals surface area (Å²) in [5.74, 6) is 0. The van der Waals surface area contributed by atoms with Gasteiger partial charge in [-0.25, -0.2) is 0 Å². The molecule has 0 aromatic heterocycles. The number of anilines is 1. The molecule has 0 unspecified atom stereocenters. The predicted molar refractivity (Wildman–Crippen MR) is 113 cm³/mol. The second kappa shape index (κ2) is 8.48. The Morgan fingerprint density at radius 1 is 0.880 bits per heavy atom. The molecular weight excluding hydrogens is 416 g/mol. The van der Waals surface area contributed by atoms with E-state index in [0.717, 1.165) is 21.3 Å². The van der Waals surface area contributed by atoms with Gasteiger partial charge < -0.3 is 10.6 Å². The fraction of sp³-hybridized carbons (Fsp3) is 0.0500. The third kappa shape index (κ3) is 4.82. The molecule has 0 amide bonds. The summed E-state index contributed by atoms with van der Waals surface area (Å²) in [5, 5.41) is 7.69. The lowest BCUT2D eigenvalue weighted by atomic mass is 9.99. The number of nitrogens with one attached hydrogen (secondary N) is 2. The highest BCUT2D eigenvalue weighted by Gasteiger charge is 2.15. The molecule has 3 aromatic rings. The highest BCUT2D eigenvalue weighted by atomic mass is 79.9. The first kappa shape index (κ1) is 17.9. The van der Waals surface area contributed by atoms with Gasteiger partial charge in [-0.2, -0.15) is 0 Å². The van der Waals surface area contributed by atoms with Crippen molar-refractivity contribution in [1.29, 1.82) is 0 Å². The average molecular weight is 432 g/mol. The first-order valence-corrected chi connectivity index (χ1v) is 9.34. The maximum atomic E-state index is 6.26. The van der Waals surface area contributed by atoms with Crippen LogP contribution in [0.4, 0.5) is 5.69 Å². The van der Waals surface area contributed by atoms with Gasteiger partial charge in [-0.1, -0.05) is 88.2 Å². The molecule has 126 valence electrons. The summed E-state index contributed by atoms with van der Waals surface area (Å²) in [4.78, 5) is 0. The average Bonchev–Trinajstić information content (AvgIpc) is 2.63. The van der Waals surface area contributed by atoms with E-state index >= 15 is 0 Å². The Hall–Kier alpha value is -1.88. The number of halogens is 2. The number of thiocarbonyl (C=S) groups is 1. The number of hydrogen-bond acceptors (Lipinski definition) is 1. The quantitative estimate of drug-likeness (QED) is 0.482. The van der Waals surface area contributed by atoms with Gasteiger partial charge in [0, 0.05) is 4.47 Å². The van der Waals surface area contributed by atoms with Crippen LogP contribution < -0.4 is 10.6 Å². The summed E-state index contributed by atoms with van der Waals surface area (Å²) in [5.41, 5.74) is 3.04. The fourth-order valence-corrected chi connectivity index (χ4v) is 3.48. The van der Waals surface area contributed by atoms with Crippen molar-refractivity contribution in [3.05, 3.63) is 99.5 Å². The van der Waals surface area contributed by atoms with Crippen molar-refractivity contribution in [3.63, 3.8) is 0 Å². The molecule has 0 bridgehead atoms. The minimum Gasteiger partial charge on any atom is -0.352 e. The van der Waals surface area contributed by atoms with E-state index in [1.165, 1.54) is 0 Å². The molecule has 0 radical (unpaired) electrons. The molecule has 3 rings (SSSR count). The van der Waals surface area contributed by atoms with Crippen molar-refractivity contribution in [2.24, 2.45) is 0 Å². The van der Waals surface area contributed by atoms with E-state index in [2.05, 4.69) is 50.8 Å². The Morgan fingerprint density at radius 2 is 1.44 bits per heavy atom. The Balaban J connectivity index is 1.82. The summed E-state index contributed by atoms with van der Waals surface area (Å²) in [6.07, 6.45) is 0. The lowest BCUT2D eigenvalue weighted by Crippen LogP contribution is -2.33. The molecule has 0 aliphatic heterocycles. The van der Waals surface area contributed by atoms with Gasteiger partial charge in [0.2, 0.25) is 0 Å². The van der Waals surface area contributed by atoms with Gasteiger partial charge in [0.25, 0.3) is 0 Å². The molecule has 0 atom stereocenters. The van der Waals surface area contributed by atoms with E-state index in [1.807, 2.05) is 54.6 Å². The van der Waals surface area contributed by atoms with Gasteiger partial charge >= 0.3 is 0 Å². The zero-order chi connectivity index (χ0) is 17.6. The van der Waals surface area contributed by atoms with Crippen LogP contribution in [0.5, 0.6) is 0 Å². The van der Waals surface area contributed by atoms with E-state index in [0.29, 0.717) is 10.1 Å². The second-order valence-electron chi connectivity index (χ2n) is 5.48. The topological polar surface area (TPSA) is 24.1 Å². The van der Waals surface area contributed by atoms with Crippen LogP contribution in [0.3, 0.4) is 0 Å². The lowest BCUT2D eigenvalue weighted by molar-refractivity contribution is 0.769. The Kier molecular flexibility index (Phi) is 6.08. The van der Waals surface area contributed by atoms with Crippen LogP contribution in [0.2, 0.25) is 5.02 Å². The third-order valence-corrected chi connectivity index (χ3v) is 4.75. The van der Waals surface area contributed by atoms with Crippen LogP contribution in [0.15, 0.2) is 83.3 Å². The summed E-state index contributed by atoms with van der Waals surface area (Å²) in [7, 11) is 0. The SMILES string of the molecule is S=C(Nc1ccc(Br)cc1Cl)NC(c1ccccc1)c1ccccc1. The summed E-state index contributed by atoms with van der Waals surface area (Å²) >= 11 is 15.2. The Morgan fingerprint density at radius 3 is 1.96 bits per heavy atom. The molecule has 3 aromatic carbocycles. The minimum atomic E-state index is -0.0448. The van der Waals surface area contributed by atoms with Crippen molar-refractivity contribution in [2.75, 3.05) is 5.32 Å². The molecule has 0 aliphatic rings. The zero-order valence-corrected chi connectivity index (χ0v) is 16.4. The molecule has 0 saturated carbocycles. The summed E-state index contributed by atoms with van der Waals surface area (Å²) in [6, 6.07) is 26.0. The normalized spacial score (nSPS) is 10.5. The molecule has 0 aliphatic carbocycles. The lowest BCUT2D eigenvalue weighted by Gasteiger charge is -2.22. The highest BCUT2D eigenvalue weighted by Crippen LogP contribution is 2.26. The molecule has 5 heteroatoms. The molecule has 0 saturated heterocycles. The van der Waals surface area contributed by atoms with Gasteiger partial charge in [0.05, 0.1) is 16.8 Å². The maximum absolute atomic E-state index is 6.26. The summed E-state index contributed by atoms with van der Waals surface area (Å²) in [6.45, 7) is 0. The van der Waals surface area contributed by atoms with E-state index < -0.39 is 0 Å². The van der Waals surface area contributed by atoms with Crippen LogP contribution in [-0.4, -0.2) is 5.11 Å². The largest absolute Gasteiger partial charge is 0.352 e. The fourth-order valence-electron chi connectivity index (χ4n) is 2.53. The number of hydrogen-bond donors (Lipinski definition) is 2. The molecular formula is C20H16BrClN2S. The van der Waals surface area contributed by atoms with Gasteiger partial charge in [0.15, 0.2) is 5.11 Å². The van der Waals surface area contributed by atoms with Crippen LogP contribution in [0.25, 0.3) is 0 Å². The molecule has 0 fully saturated rings. The van der Waals surface area contributed by atoms with Crippen LogP contribution in [0, 0.1) is 0 Å². The predicted octanol–water partition coefficient (Wildman–Crippen LogP) is 6.18. The Bertz CT molecular complexity index is 817. The highest BCUT2D eigenvalue weighted by molar-refractivity contribution is 9.10. The molecule has 2 nitrogen and oxygen atoms in total. The zero-order valence-electron chi connectivity index (χ0n) is 13.2.